The number of nitrogens with zero attached hydrogens (tertiary/aromatic N) is 2. The summed E-state index contributed by atoms with van der Waals surface area (Å²) in [5.41, 5.74) is 9.16. The highest BCUT2D eigenvalue weighted by atomic mass is 79.9. The molecule has 2 N–H and O–H groups in total. The van der Waals surface area contributed by atoms with E-state index >= 15 is 0 Å². The molecule has 0 aliphatic heterocycles. The first-order valence-electron chi connectivity index (χ1n) is 5.93. The van der Waals surface area contributed by atoms with Crippen LogP contribution in [0.4, 0.5) is 0 Å². The number of benzene rings is 1. The molecule has 96 valence electrons. The van der Waals surface area contributed by atoms with E-state index in [0.717, 1.165) is 26.8 Å². The molecule has 0 fully saturated rings. The van der Waals surface area contributed by atoms with Crippen molar-refractivity contribution in [2.45, 2.75) is 12.5 Å². The van der Waals surface area contributed by atoms with E-state index in [2.05, 4.69) is 38.0 Å². The lowest BCUT2D eigenvalue weighted by molar-refractivity contribution is 0.734. The number of aromatic nitrogens is 2. The Morgan fingerprint density at radius 3 is 2.79 bits per heavy atom. The molecule has 5 heteroatoms. The van der Waals surface area contributed by atoms with Gasteiger partial charge in [0.25, 0.3) is 0 Å². The van der Waals surface area contributed by atoms with E-state index in [1.807, 2.05) is 18.2 Å². The molecule has 0 spiro atoms. The lowest BCUT2D eigenvalue weighted by Gasteiger charge is -2.12. The standard InChI is InChI=1S/C14H12BrN3S/c15-13-5-4-9(19-13)8-11(16)10-2-1-3-12-14(10)18-7-6-17-12/h1-7,11H,8,16H2. The molecule has 0 radical (unpaired) electrons. The van der Waals surface area contributed by atoms with Crippen LogP contribution in [-0.4, -0.2) is 9.97 Å². The maximum absolute atomic E-state index is 6.33. The Labute approximate surface area is 123 Å². The van der Waals surface area contributed by atoms with Crippen LogP contribution in [0.2, 0.25) is 0 Å². The van der Waals surface area contributed by atoms with Crippen molar-refractivity contribution in [1.82, 2.24) is 9.97 Å². The number of nitrogens with two attached hydrogens (primary N) is 1. The van der Waals surface area contributed by atoms with Crippen LogP contribution >= 0.6 is 27.3 Å². The summed E-state index contributed by atoms with van der Waals surface area (Å²) in [7, 11) is 0. The number of hydrogen-bond acceptors (Lipinski definition) is 4. The summed E-state index contributed by atoms with van der Waals surface area (Å²) in [6.45, 7) is 0. The Hall–Kier alpha value is -1.30. The van der Waals surface area contributed by atoms with E-state index in [0.29, 0.717) is 0 Å². The van der Waals surface area contributed by atoms with Crippen molar-refractivity contribution in [3.8, 4) is 0 Å². The molecule has 0 aliphatic carbocycles. The molecule has 19 heavy (non-hydrogen) atoms. The summed E-state index contributed by atoms with van der Waals surface area (Å²) in [4.78, 5) is 9.98. The zero-order chi connectivity index (χ0) is 13.2. The van der Waals surface area contributed by atoms with Crippen molar-refractivity contribution in [2.24, 2.45) is 5.73 Å². The SMILES string of the molecule is NC(Cc1ccc(Br)s1)c1cccc2nccnc12. The number of halogens is 1. The van der Waals surface area contributed by atoms with Gasteiger partial charge < -0.3 is 5.73 Å². The van der Waals surface area contributed by atoms with Crippen LogP contribution in [0.15, 0.2) is 46.5 Å². The first-order valence-corrected chi connectivity index (χ1v) is 7.54. The van der Waals surface area contributed by atoms with Gasteiger partial charge in [-0.25, -0.2) is 0 Å². The van der Waals surface area contributed by atoms with Crippen LogP contribution in [0.1, 0.15) is 16.5 Å². The van der Waals surface area contributed by atoms with Crippen molar-refractivity contribution in [1.29, 1.82) is 0 Å². The van der Waals surface area contributed by atoms with E-state index in [4.69, 9.17) is 5.73 Å². The summed E-state index contributed by atoms with van der Waals surface area (Å²) >= 11 is 5.19. The molecule has 2 aromatic heterocycles. The van der Waals surface area contributed by atoms with Crippen LogP contribution in [0.3, 0.4) is 0 Å². The first-order chi connectivity index (χ1) is 9.24. The summed E-state index contributed by atoms with van der Waals surface area (Å²) in [6.07, 6.45) is 4.22. The third kappa shape index (κ3) is 2.68. The lowest BCUT2D eigenvalue weighted by Crippen LogP contribution is -2.13. The largest absolute Gasteiger partial charge is 0.324 e. The molecule has 0 amide bonds. The fraction of sp³-hybridized carbons (Fsp3) is 0.143. The van der Waals surface area contributed by atoms with E-state index in [1.54, 1.807) is 23.7 Å². The van der Waals surface area contributed by atoms with Crippen LogP contribution in [0.5, 0.6) is 0 Å². The fourth-order valence-corrected chi connectivity index (χ4v) is 3.64. The fourth-order valence-electron chi connectivity index (χ4n) is 2.10. The van der Waals surface area contributed by atoms with Crippen molar-refractivity contribution in [3.63, 3.8) is 0 Å². The molecule has 0 saturated carbocycles. The Balaban J connectivity index is 1.95. The van der Waals surface area contributed by atoms with Crippen molar-refractivity contribution in [3.05, 3.63) is 57.0 Å². The van der Waals surface area contributed by atoms with Gasteiger partial charge in [0.2, 0.25) is 0 Å². The second kappa shape index (κ2) is 5.36. The minimum absolute atomic E-state index is 0.0639. The first kappa shape index (κ1) is 12.7. The maximum Gasteiger partial charge on any atom is 0.0934 e. The number of fused-ring (bicyclic) bond motifs is 1. The topological polar surface area (TPSA) is 51.8 Å². The van der Waals surface area contributed by atoms with Crippen LogP contribution < -0.4 is 5.73 Å². The average Bonchev–Trinajstić information content (AvgIpc) is 2.83. The molecule has 1 aromatic carbocycles. The zero-order valence-electron chi connectivity index (χ0n) is 10.1. The third-order valence-electron chi connectivity index (χ3n) is 2.98. The Morgan fingerprint density at radius 1 is 1.16 bits per heavy atom. The monoisotopic (exact) mass is 333 g/mol. The highest BCUT2D eigenvalue weighted by Gasteiger charge is 2.12. The Morgan fingerprint density at radius 2 is 2.00 bits per heavy atom. The maximum atomic E-state index is 6.33. The van der Waals surface area contributed by atoms with Gasteiger partial charge >= 0.3 is 0 Å². The van der Waals surface area contributed by atoms with Gasteiger partial charge in [0.05, 0.1) is 14.8 Å². The normalized spacial score (nSPS) is 12.7. The van der Waals surface area contributed by atoms with Gasteiger partial charge in [-0.2, -0.15) is 0 Å². The van der Waals surface area contributed by atoms with Gasteiger partial charge in [-0.05, 0) is 39.7 Å². The predicted molar refractivity (Wildman–Crippen MR) is 82.2 cm³/mol. The quantitative estimate of drug-likeness (QED) is 0.795. The van der Waals surface area contributed by atoms with Crippen LogP contribution in [0, 0.1) is 0 Å². The van der Waals surface area contributed by atoms with Crippen LogP contribution in [-0.2, 0) is 6.42 Å². The molecule has 2 heterocycles. The van der Waals surface area contributed by atoms with E-state index < -0.39 is 0 Å². The summed E-state index contributed by atoms with van der Waals surface area (Å²) in [6, 6.07) is 10.1. The average molecular weight is 334 g/mol. The van der Waals surface area contributed by atoms with Gasteiger partial charge in [0.15, 0.2) is 0 Å². The van der Waals surface area contributed by atoms with E-state index in [-0.39, 0.29) is 6.04 Å². The summed E-state index contributed by atoms with van der Waals surface area (Å²) in [5.74, 6) is 0. The second-order valence-corrected chi connectivity index (χ2v) is 6.84. The van der Waals surface area contributed by atoms with Crippen LogP contribution in [0.25, 0.3) is 11.0 Å². The van der Waals surface area contributed by atoms with Gasteiger partial charge in [0.1, 0.15) is 0 Å². The van der Waals surface area contributed by atoms with Gasteiger partial charge in [-0.3, -0.25) is 9.97 Å². The highest BCUT2D eigenvalue weighted by molar-refractivity contribution is 9.11. The minimum Gasteiger partial charge on any atom is -0.324 e. The van der Waals surface area contributed by atoms with Crippen molar-refractivity contribution in [2.75, 3.05) is 0 Å². The predicted octanol–water partition coefficient (Wildman–Crippen LogP) is 3.70. The number of para-hydroxylation sites is 1. The van der Waals surface area contributed by atoms with Gasteiger partial charge in [-0.1, -0.05) is 12.1 Å². The lowest BCUT2D eigenvalue weighted by atomic mass is 10.0. The van der Waals surface area contributed by atoms with Crippen molar-refractivity contribution >= 4 is 38.3 Å². The molecule has 3 nitrogen and oxygen atoms in total. The van der Waals surface area contributed by atoms with Gasteiger partial charge in [0, 0.05) is 29.7 Å². The number of thiophene rings is 1. The molecular weight excluding hydrogens is 322 g/mol. The molecule has 1 unspecified atom stereocenters. The molecular formula is C14H12BrN3S. The zero-order valence-corrected chi connectivity index (χ0v) is 12.5. The second-order valence-electron chi connectivity index (χ2n) is 4.29. The molecule has 3 aromatic rings. The van der Waals surface area contributed by atoms with E-state index in [1.165, 1.54) is 4.88 Å². The minimum atomic E-state index is -0.0639. The molecule has 3 rings (SSSR count). The Kier molecular flexibility index (Phi) is 3.59. The Bertz CT molecular complexity index is 705. The number of rotatable bonds is 3. The van der Waals surface area contributed by atoms with E-state index in [9.17, 15) is 0 Å². The summed E-state index contributed by atoms with van der Waals surface area (Å²) < 4.78 is 1.13. The number of hydrogen-bond donors (Lipinski definition) is 1. The molecule has 0 saturated heterocycles. The molecule has 0 bridgehead atoms. The highest BCUT2D eigenvalue weighted by Crippen LogP contribution is 2.27. The van der Waals surface area contributed by atoms with Crippen molar-refractivity contribution < 1.29 is 0 Å². The third-order valence-corrected chi connectivity index (χ3v) is 4.63. The smallest absolute Gasteiger partial charge is 0.0934 e. The van der Waals surface area contributed by atoms with Gasteiger partial charge in [-0.15, -0.1) is 11.3 Å². The summed E-state index contributed by atoms with van der Waals surface area (Å²) in [5, 5.41) is 0. The molecule has 0 aliphatic rings. The molecule has 1 atom stereocenters.